The van der Waals surface area contributed by atoms with Crippen LogP contribution in [-0.4, -0.2) is 30.9 Å². The lowest BCUT2D eigenvalue weighted by atomic mass is 10.2. The van der Waals surface area contributed by atoms with E-state index >= 15 is 0 Å². The maximum Gasteiger partial charge on any atom is 0.337 e. The minimum atomic E-state index is -0.456. The van der Waals surface area contributed by atoms with Crippen LogP contribution in [0.2, 0.25) is 0 Å². The Kier molecular flexibility index (Phi) is 4.73. The molecule has 0 spiro atoms. The third-order valence-corrected chi connectivity index (χ3v) is 4.81. The average Bonchev–Trinajstić information content (AvgIpc) is 3.20. The molecule has 0 saturated carbocycles. The number of quaternary nitrogens is 1. The molecule has 0 radical (unpaired) electrons. The monoisotopic (exact) mass is 345 g/mol. The topological polar surface area (TPSA) is 80.3 Å². The normalized spacial score (nSPS) is 17.4. The second kappa shape index (κ2) is 6.94. The van der Waals surface area contributed by atoms with Gasteiger partial charge in [-0.25, -0.2) is 9.69 Å². The van der Waals surface area contributed by atoms with Crippen LogP contribution < -0.4 is 10.2 Å². The van der Waals surface area contributed by atoms with E-state index in [-0.39, 0.29) is 18.2 Å². The summed E-state index contributed by atoms with van der Waals surface area (Å²) in [5.41, 5.74) is 0.853. The molecule has 24 heavy (non-hydrogen) atoms. The minimum absolute atomic E-state index is 0.183. The lowest BCUT2D eigenvalue weighted by Gasteiger charge is -2.14. The van der Waals surface area contributed by atoms with E-state index in [9.17, 15) is 14.4 Å². The van der Waals surface area contributed by atoms with Gasteiger partial charge in [-0.2, -0.15) is 0 Å². The minimum Gasteiger partial charge on any atom is -0.465 e. The summed E-state index contributed by atoms with van der Waals surface area (Å²) in [6, 6.07) is 9.83. The number of hydrogen-bond acceptors (Lipinski definition) is 5. The van der Waals surface area contributed by atoms with E-state index < -0.39 is 12.0 Å². The van der Waals surface area contributed by atoms with Gasteiger partial charge in [0.05, 0.1) is 29.7 Å². The molecule has 3 rings (SSSR count). The zero-order valence-electron chi connectivity index (χ0n) is 13.1. The molecule has 124 valence electrons. The molecule has 2 N–H and O–H groups in total. The van der Waals surface area contributed by atoms with Gasteiger partial charge in [-0.3, -0.25) is 9.59 Å². The molecule has 2 aromatic rings. The Morgan fingerprint density at radius 3 is 2.67 bits per heavy atom. The first-order valence-electron chi connectivity index (χ1n) is 7.51. The van der Waals surface area contributed by atoms with Crippen molar-refractivity contribution in [3.63, 3.8) is 0 Å². The first-order chi connectivity index (χ1) is 11.6. The molecule has 6 nitrogen and oxygen atoms in total. The zero-order chi connectivity index (χ0) is 17.1. The number of ether oxygens (including phenoxy) is 1. The molecule has 1 fully saturated rings. The number of esters is 1. The average molecular weight is 345 g/mol. The Hall–Kier alpha value is -2.51. The maximum atomic E-state index is 12.5. The second-order valence-corrected chi connectivity index (χ2v) is 6.47. The summed E-state index contributed by atoms with van der Waals surface area (Å²) in [6.07, 6.45) is 0.183. The number of benzene rings is 1. The molecule has 0 aliphatic carbocycles. The summed E-state index contributed by atoms with van der Waals surface area (Å²) >= 11 is 1.63. The van der Waals surface area contributed by atoms with Gasteiger partial charge < -0.3 is 10.1 Å². The van der Waals surface area contributed by atoms with Crippen molar-refractivity contribution in [2.45, 2.75) is 19.0 Å². The number of nitrogens with zero attached hydrogens (tertiary/aromatic N) is 1. The van der Waals surface area contributed by atoms with Crippen LogP contribution in [0, 0.1) is 0 Å². The van der Waals surface area contributed by atoms with Crippen LogP contribution in [0.15, 0.2) is 41.8 Å². The molecule has 2 heterocycles. The number of anilines is 1. The van der Waals surface area contributed by atoms with E-state index in [0.717, 1.165) is 4.88 Å². The quantitative estimate of drug-likeness (QED) is 0.646. The van der Waals surface area contributed by atoms with Crippen LogP contribution >= 0.6 is 11.3 Å². The molecule has 0 unspecified atom stereocenters. The van der Waals surface area contributed by atoms with E-state index in [1.807, 2.05) is 22.8 Å². The van der Waals surface area contributed by atoms with Gasteiger partial charge in [0.2, 0.25) is 5.91 Å². The van der Waals surface area contributed by atoms with E-state index in [1.165, 1.54) is 12.0 Å². The van der Waals surface area contributed by atoms with E-state index in [2.05, 4.69) is 4.74 Å². The summed E-state index contributed by atoms with van der Waals surface area (Å²) in [5.74, 6) is -0.900. The van der Waals surface area contributed by atoms with Crippen LogP contribution in [0.1, 0.15) is 21.7 Å². The Balaban J connectivity index is 1.70. The lowest BCUT2D eigenvalue weighted by Crippen LogP contribution is -2.90. The Morgan fingerprint density at radius 2 is 2.04 bits per heavy atom. The van der Waals surface area contributed by atoms with Gasteiger partial charge in [-0.15, -0.1) is 11.3 Å². The molecule has 1 atom stereocenters. The Labute approximate surface area is 143 Å². The Bertz CT molecular complexity index is 755. The molecule has 1 aromatic carbocycles. The SMILES string of the molecule is COC(=O)c1ccc(N2C(=O)C[C@H]([NH2+]Cc3cccs3)C2=O)cc1. The number of carbonyl (C=O) groups is 3. The third-order valence-electron chi connectivity index (χ3n) is 3.91. The van der Waals surface area contributed by atoms with Crippen LogP contribution in [-0.2, 0) is 20.9 Å². The Morgan fingerprint density at radius 1 is 1.29 bits per heavy atom. The van der Waals surface area contributed by atoms with Gasteiger partial charge >= 0.3 is 5.97 Å². The summed E-state index contributed by atoms with van der Waals surface area (Å²) in [7, 11) is 1.30. The van der Waals surface area contributed by atoms with Crippen LogP contribution in [0.4, 0.5) is 5.69 Å². The molecule has 7 heteroatoms. The highest BCUT2D eigenvalue weighted by Crippen LogP contribution is 2.22. The number of carbonyl (C=O) groups excluding carboxylic acids is 3. The highest BCUT2D eigenvalue weighted by molar-refractivity contribution is 7.09. The molecule has 1 aliphatic rings. The standard InChI is InChI=1S/C17H16N2O4S/c1-23-17(22)11-4-6-12(7-5-11)19-15(20)9-14(16(19)21)18-10-13-3-2-8-24-13/h2-8,14,18H,9-10H2,1H3/p+1/t14-/m0/s1. The predicted molar refractivity (Wildman–Crippen MR) is 88.6 cm³/mol. The highest BCUT2D eigenvalue weighted by Gasteiger charge is 2.42. The first kappa shape index (κ1) is 16.4. The van der Waals surface area contributed by atoms with Gasteiger partial charge in [0, 0.05) is 0 Å². The molecule has 1 aliphatic heterocycles. The van der Waals surface area contributed by atoms with Crippen molar-refractivity contribution in [2.24, 2.45) is 0 Å². The fourth-order valence-electron chi connectivity index (χ4n) is 2.66. The number of nitrogens with two attached hydrogens (primary N) is 1. The molecule has 0 bridgehead atoms. The molecule has 2 amide bonds. The largest absolute Gasteiger partial charge is 0.465 e. The fraction of sp³-hybridized carbons (Fsp3) is 0.235. The zero-order valence-corrected chi connectivity index (χ0v) is 13.9. The van der Waals surface area contributed by atoms with Gasteiger partial charge in [0.15, 0.2) is 6.04 Å². The molecular formula is C17H17N2O4S+. The van der Waals surface area contributed by atoms with E-state index in [4.69, 9.17) is 0 Å². The summed E-state index contributed by atoms with van der Waals surface area (Å²) < 4.78 is 4.64. The van der Waals surface area contributed by atoms with Crippen LogP contribution in [0.25, 0.3) is 0 Å². The number of rotatable bonds is 5. The van der Waals surface area contributed by atoms with Crippen molar-refractivity contribution >= 4 is 34.8 Å². The molecule has 1 saturated heterocycles. The summed E-state index contributed by atoms with van der Waals surface area (Å²) in [6.45, 7) is 0.677. The number of imide groups is 1. The van der Waals surface area contributed by atoms with Crippen molar-refractivity contribution < 1.29 is 24.4 Å². The van der Waals surface area contributed by atoms with Gasteiger partial charge in [-0.1, -0.05) is 6.07 Å². The van der Waals surface area contributed by atoms with Gasteiger partial charge in [0.25, 0.3) is 5.91 Å². The van der Waals surface area contributed by atoms with Crippen molar-refractivity contribution in [2.75, 3.05) is 12.0 Å². The predicted octanol–water partition coefficient (Wildman–Crippen LogP) is 0.930. The van der Waals surface area contributed by atoms with Crippen molar-refractivity contribution in [1.29, 1.82) is 0 Å². The number of methoxy groups -OCH3 is 1. The molecule has 1 aromatic heterocycles. The van der Waals surface area contributed by atoms with Gasteiger partial charge in [0.1, 0.15) is 6.54 Å². The van der Waals surface area contributed by atoms with Crippen molar-refractivity contribution in [3.8, 4) is 0 Å². The van der Waals surface area contributed by atoms with Crippen LogP contribution in [0.5, 0.6) is 0 Å². The van der Waals surface area contributed by atoms with E-state index in [0.29, 0.717) is 17.8 Å². The van der Waals surface area contributed by atoms with E-state index in [1.54, 1.807) is 35.6 Å². The van der Waals surface area contributed by atoms with Crippen molar-refractivity contribution in [3.05, 3.63) is 52.2 Å². The highest BCUT2D eigenvalue weighted by atomic mass is 32.1. The summed E-state index contributed by atoms with van der Waals surface area (Å²) in [4.78, 5) is 38.6. The molecular weight excluding hydrogens is 328 g/mol. The number of amides is 2. The summed E-state index contributed by atoms with van der Waals surface area (Å²) in [5, 5.41) is 3.88. The number of thiophene rings is 1. The maximum absolute atomic E-state index is 12.5. The fourth-order valence-corrected chi connectivity index (χ4v) is 3.34. The van der Waals surface area contributed by atoms with Crippen LogP contribution in [0.3, 0.4) is 0 Å². The third kappa shape index (κ3) is 3.22. The van der Waals surface area contributed by atoms with Crippen molar-refractivity contribution in [1.82, 2.24) is 0 Å². The van der Waals surface area contributed by atoms with Gasteiger partial charge in [-0.05, 0) is 35.7 Å². The smallest absolute Gasteiger partial charge is 0.337 e. The number of hydrogen-bond donors (Lipinski definition) is 1. The lowest BCUT2D eigenvalue weighted by molar-refractivity contribution is -0.689. The first-order valence-corrected chi connectivity index (χ1v) is 8.39. The second-order valence-electron chi connectivity index (χ2n) is 5.44.